The molecule has 4 unspecified atom stereocenters. The lowest BCUT2D eigenvalue weighted by Crippen LogP contribution is -2.58. The Balaban J connectivity index is 1.58. The van der Waals surface area contributed by atoms with Gasteiger partial charge in [-0.2, -0.15) is 0 Å². The van der Waals surface area contributed by atoms with Crippen LogP contribution in [0.25, 0.3) is 0 Å². The minimum Gasteiger partial charge on any atom is -0.481 e. The van der Waals surface area contributed by atoms with Crippen LogP contribution in [0.5, 0.6) is 0 Å². The number of hydrogen-bond acceptors (Lipinski definition) is 5. The third-order valence-electron chi connectivity index (χ3n) is 8.42. The predicted molar refractivity (Wildman–Crippen MR) is 162 cm³/mol. The molecule has 0 radical (unpaired) electrons. The number of sulfonamides is 1. The van der Waals surface area contributed by atoms with Gasteiger partial charge in [0.05, 0.1) is 23.1 Å². The molecule has 11 heteroatoms. The molecule has 4 atom stereocenters. The number of benzene rings is 2. The van der Waals surface area contributed by atoms with Crippen LogP contribution in [0.2, 0.25) is 10.0 Å². The second kappa shape index (κ2) is 12.0. The first-order chi connectivity index (χ1) is 19.9. The van der Waals surface area contributed by atoms with Gasteiger partial charge in [-0.3, -0.25) is 14.6 Å². The summed E-state index contributed by atoms with van der Waals surface area (Å²) in [6.45, 7) is 1.66. The largest absolute Gasteiger partial charge is 0.481 e. The van der Waals surface area contributed by atoms with Crippen molar-refractivity contribution in [2.45, 2.75) is 62.3 Å². The number of aromatic nitrogens is 1. The van der Waals surface area contributed by atoms with E-state index in [0.29, 0.717) is 15.7 Å². The summed E-state index contributed by atoms with van der Waals surface area (Å²) < 4.78 is 30.6. The van der Waals surface area contributed by atoms with E-state index in [-0.39, 0.29) is 42.8 Å². The molecule has 5 rings (SSSR count). The SMILES string of the molecule is CC1(CC(=O)O)CC(c2cccc(Cl)c2)C(CC(NS(=O)(=O)Cc2ccccn2)(c2ccc(Cl)cc2)C2CC2)NC1=O. The number of amides is 1. The van der Waals surface area contributed by atoms with Gasteiger partial charge in [-0.15, -0.1) is 0 Å². The van der Waals surface area contributed by atoms with Crippen LogP contribution in [0.1, 0.15) is 61.8 Å². The van der Waals surface area contributed by atoms with Gasteiger partial charge in [-0.1, -0.05) is 60.5 Å². The molecule has 2 heterocycles. The number of carbonyl (C=O) groups excluding carboxylic acids is 1. The molecule has 1 aromatic heterocycles. The first-order valence-corrected chi connectivity index (χ1v) is 16.3. The van der Waals surface area contributed by atoms with E-state index >= 15 is 0 Å². The summed E-state index contributed by atoms with van der Waals surface area (Å²) in [7, 11) is -3.90. The zero-order chi connectivity index (χ0) is 30.1. The molecule has 2 aliphatic rings. The van der Waals surface area contributed by atoms with Crippen LogP contribution in [0.3, 0.4) is 0 Å². The number of pyridine rings is 1. The molecule has 1 aliphatic heterocycles. The highest BCUT2D eigenvalue weighted by molar-refractivity contribution is 7.88. The van der Waals surface area contributed by atoms with Gasteiger partial charge in [0.25, 0.3) is 0 Å². The molecule has 1 saturated heterocycles. The van der Waals surface area contributed by atoms with Crippen molar-refractivity contribution in [2.75, 3.05) is 0 Å². The number of hydrogen-bond donors (Lipinski definition) is 3. The summed E-state index contributed by atoms with van der Waals surface area (Å²) in [5, 5.41) is 13.8. The second-order valence-electron chi connectivity index (χ2n) is 11.7. The molecule has 42 heavy (non-hydrogen) atoms. The van der Waals surface area contributed by atoms with E-state index in [1.54, 1.807) is 49.5 Å². The van der Waals surface area contributed by atoms with Gasteiger partial charge >= 0.3 is 5.97 Å². The van der Waals surface area contributed by atoms with Gasteiger partial charge in [0.1, 0.15) is 5.75 Å². The van der Waals surface area contributed by atoms with Crippen molar-refractivity contribution < 1.29 is 23.1 Å². The minimum absolute atomic E-state index is 0.0265. The molecule has 3 N–H and O–H groups in total. The lowest BCUT2D eigenvalue weighted by atomic mass is 9.66. The summed E-state index contributed by atoms with van der Waals surface area (Å²) in [5.41, 5.74) is -0.208. The average Bonchev–Trinajstić information content (AvgIpc) is 3.77. The summed E-state index contributed by atoms with van der Waals surface area (Å²) in [6, 6.07) is 19.1. The van der Waals surface area contributed by atoms with Gasteiger partial charge in [0, 0.05) is 28.2 Å². The molecule has 2 fully saturated rings. The Kier molecular flexibility index (Phi) is 8.67. The molecule has 1 aliphatic carbocycles. The maximum absolute atomic E-state index is 13.8. The Labute approximate surface area is 255 Å². The van der Waals surface area contributed by atoms with Gasteiger partial charge in [0.15, 0.2) is 0 Å². The molecule has 2 aromatic carbocycles. The van der Waals surface area contributed by atoms with E-state index in [4.69, 9.17) is 23.2 Å². The maximum Gasteiger partial charge on any atom is 0.304 e. The monoisotopic (exact) mass is 629 g/mol. The van der Waals surface area contributed by atoms with Crippen LogP contribution < -0.4 is 10.0 Å². The topological polar surface area (TPSA) is 125 Å². The van der Waals surface area contributed by atoms with E-state index in [1.165, 1.54) is 0 Å². The second-order valence-corrected chi connectivity index (χ2v) is 14.3. The molecule has 0 bridgehead atoms. The Morgan fingerprint density at radius 1 is 1.10 bits per heavy atom. The van der Waals surface area contributed by atoms with Crippen LogP contribution in [0, 0.1) is 11.3 Å². The maximum atomic E-state index is 13.8. The average molecular weight is 631 g/mol. The summed E-state index contributed by atoms with van der Waals surface area (Å²) in [4.78, 5) is 29.5. The molecular weight excluding hydrogens is 597 g/mol. The van der Waals surface area contributed by atoms with Gasteiger partial charge < -0.3 is 10.4 Å². The number of carboxylic acid groups (broad SMARTS) is 1. The van der Waals surface area contributed by atoms with Gasteiger partial charge in [-0.05, 0) is 79.1 Å². The Bertz CT molecular complexity index is 1570. The van der Waals surface area contributed by atoms with Crippen LogP contribution in [-0.4, -0.2) is 36.4 Å². The lowest BCUT2D eigenvalue weighted by molar-refractivity contribution is -0.147. The minimum atomic E-state index is -3.90. The van der Waals surface area contributed by atoms with E-state index in [0.717, 1.165) is 24.0 Å². The third-order valence-corrected chi connectivity index (χ3v) is 10.3. The van der Waals surface area contributed by atoms with Gasteiger partial charge in [0.2, 0.25) is 15.9 Å². The molecule has 1 saturated carbocycles. The number of aliphatic carboxylic acids is 1. The normalized spacial score (nSPS) is 24.0. The fourth-order valence-corrected chi connectivity index (χ4v) is 8.18. The molecule has 3 aromatic rings. The Hall–Kier alpha value is -2.98. The number of nitrogens with zero attached hydrogens (tertiary/aromatic N) is 1. The standard InChI is InChI=1S/C31H33Cl2N3O5S/c1-30(18-28(37)38)16-26(20-5-4-6-24(33)15-20)27(35-29(30)39)17-31(21-8-9-21,22-10-12-23(32)13-11-22)36-42(40,41)19-25-7-2-3-14-34-25/h2-7,10-15,21,26-27,36H,8-9,16-19H2,1H3,(H,35,39)(H,37,38). The van der Waals surface area contributed by atoms with Crippen molar-refractivity contribution >= 4 is 45.1 Å². The van der Waals surface area contributed by atoms with E-state index < -0.39 is 33.0 Å². The highest BCUT2D eigenvalue weighted by Crippen LogP contribution is 2.52. The smallest absolute Gasteiger partial charge is 0.304 e. The lowest BCUT2D eigenvalue weighted by Gasteiger charge is -2.46. The van der Waals surface area contributed by atoms with Crippen LogP contribution in [0.15, 0.2) is 72.9 Å². The van der Waals surface area contributed by atoms with Crippen molar-refractivity contribution in [2.24, 2.45) is 11.3 Å². The highest BCUT2D eigenvalue weighted by atomic mass is 35.5. The van der Waals surface area contributed by atoms with E-state index in [9.17, 15) is 23.1 Å². The quantitative estimate of drug-likeness (QED) is 0.251. The first kappa shape index (κ1) is 30.5. The Morgan fingerprint density at radius 3 is 2.45 bits per heavy atom. The van der Waals surface area contributed by atoms with Gasteiger partial charge in [-0.25, -0.2) is 13.1 Å². The number of halogens is 2. The molecule has 0 spiro atoms. The van der Waals surface area contributed by atoms with Crippen molar-refractivity contribution in [1.29, 1.82) is 0 Å². The molecular formula is C31H33Cl2N3O5S. The van der Waals surface area contributed by atoms with Crippen molar-refractivity contribution in [1.82, 2.24) is 15.0 Å². The summed E-state index contributed by atoms with van der Waals surface area (Å²) >= 11 is 12.6. The number of carbonyl (C=O) groups is 2. The first-order valence-electron chi connectivity index (χ1n) is 13.8. The van der Waals surface area contributed by atoms with E-state index in [2.05, 4.69) is 15.0 Å². The Morgan fingerprint density at radius 2 is 1.83 bits per heavy atom. The van der Waals surface area contributed by atoms with Crippen molar-refractivity contribution in [3.05, 3.63) is 99.8 Å². The van der Waals surface area contributed by atoms with Crippen molar-refractivity contribution in [3.63, 3.8) is 0 Å². The molecule has 222 valence electrons. The number of piperidine rings is 1. The zero-order valence-corrected chi connectivity index (χ0v) is 25.4. The summed E-state index contributed by atoms with van der Waals surface area (Å²) in [6.07, 6.45) is 3.33. The van der Waals surface area contributed by atoms with E-state index in [1.807, 2.05) is 30.3 Å². The number of carboxylic acids is 1. The van der Waals surface area contributed by atoms with Crippen LogP contribution in [-0.2, 0) is 30.9 Å². The van der Waals surface area contributed by atoms with Crippen LogP contribution >= 0.6 is 23.2 Å². The fraction of sp³-hybridized carbons (Fsp3) is 0.387. The number of rotatable bonds is 11. The predicted octanol–water partition coefficient (Wildman–Crippen LogP) is 5.66. The summed E-state index contributed by atoms with van der Waals surface area (Å²) in [5.74, 6) is -2.09. The zero-order valence-electron chi connectivity index (χ0n) is 23.1. The third kappa shape index (κ3) is 6.80. The molecule has 1 amide bonds. The van der Waals surface area contributed by atoms with Crippen LogP contribution in [0.4, 0.5) is 0 Å². The number of nitrogens with one attached hydrogen (secondary N) is 2. The fourth-order valence-electron chi connectivity index (χ4n) is 6.30. The highest BCUT2D eigenvalue weighted by Gasteiger charge is 2.53. The molecule has 8 nitrogen and oxygen atoms in total. The van der Waals surface area contributed by atoms with Crippen molar-refractivity contribution in [3.8, 4) is 0 Å².